The zero-order chi connectivity index (χ0) is 14.5. The Morgan fingerprint density at radius 2 is 2.10 bits per heavy atom. The molecule has 0 aliphatic heterocycles. The third-order valence-electron chi connectivity index (χ3n) is 3.09. The lowest BCUT2D eigenvalue weighted by atomic mass is 10.3. The van der Waals surface area contributed by atoms with Crippen molar-refractivity contribution in [3.8, 4) is 0 Å². The Hall–Kier alpha value is -1.46. The number of para-hydroxylation sites is 1. The van der Waals surface area contributed by atoms with Gasteiger partial charge in [-0.15, -0.1) is 0 Å². The smallest absolute Gasteiger partial charge is 0.190 e. The molecular weight excluding hydrogens is 273 g/mol. The van der Waals surface area contributed by atoms with Crippen molar-refractivity contribution >= 4 is 22.2 Å². The summed E-state index contributed by atoms with van der Waals surface area (Å²) in [6, 6.07) is 6.76. The largest absolute Gasteiger partial charge is 0.318 e. The highest BCUT2D eigenvalue weighted by Crippen LogP contribution is 2.31. The highest BCUT2D eigenvalue weighted by Gasteiger charge is 2.14. The summed E-state index contributed by atoms with van der Waals surface area (Å²) >= 11 is 1.61. The van der Waals surface area contributed by atoms with E-state index >= 15 is 0 Å². The average Bonchev–Trinajstić information content (AvgIpc) is 2.80. The quantitative estimate of drug-likeness (QED) is 0.820. The SMILES string of the molecule is CCCNCc1sc(N(C)c2ccccc2F)nc1C. The van der Waals surface area contributed by atoms with Crippen molar-refractivity contribution in [3.63, 3.8) is 0 Å². The van der Waals surface area contributed by atoms with E-state index in [1.807, 2.05) is 20.0 Å². The lowest BCUT2D eigenvalue weighted by Gasteiger charge is -2.16. The van der Waals surface area contributed by atoms with Crippen molar-refractivity contribution in [1.82, 2.24) is 10.3 Å². The number of hydrogen-bond donors (Lipinski definition) is 1. The fourth-order valence-corrected chi connectivity index (χ4v) is 2.93. The number of rotatable bonds is 6. The maximum Gasteiger partial charge on any atom is 0.190 e. The van der Waals surface area contributed by atoms with Gasteiger partial charge in [-0.1, -0.05) is 30.4 Å². The minimum atomic E-state index is -0.228. The predicted molar refractivity (Wildman–Crippen MR) is 83.3 cm³/mol. The van der Waals surface area contributed by atoms with Crippen LogP contribution in [0.2, 0.25) is 0 Å². The van der Waals surface area contributed by atoms with Crippen LogP contribution in [0.4, 0.5) is 15.2 Å². The van der Waals surface area contributed by atoms with Crippen LogP contribution in [0.5, 0.6) is 0 Å². The zero-order valence-electron chi connectivity index (χ0n) is 12.1. The summed E-state index contributed by atoms with van der Waals surface area (Å²) in [5.74, 6) is -0.228. The minimum absolute atomic E-state index is 0.228. The van der Waals surface area contributed by atoms with Gasteiger partial charge >= 0.3 is 0 Å². The number of aryl methyl sites for hydroxylation is 1. The Kier molecular flexibility index (Phi) is 5.09. The molecule has 1 aromatic heterocycles. The Bertz CT molecular complexity index is 568. The second-order valence-electron chi connectivity index (χ2n) is 4.69. The first kappa shape index (κ1) is 14.9. The molecule has 1 N–H and O–H groups in total. The topological polar surface area (TPSA) is 28.2 Å². The number of hydrogen-bond acceptors (Lipinski definition) is 4. The van der Waals surface area contributed by atoms with Gasteiger partial charge < -0.3 is 10.2 Å². The van der Waals surface area contributed by atoms with Gasteiger partial charge in [0, 0.05) is 18.5 Å². The molecule has 0 bridgehead atoms. The van der Waals surface area contributed by atoms with E-state index in [1.54, 1.807) is 28.4 Å². The maximum atomic E-state index is 13.8. The monoisotopic (exact) mass is 293 g/mol. The van der Waals surface area contributed by atoms with Gasteiger partial charge in [-0.25, -0.2) is 9.37 Å². The van der Waals surface area contributed by atoms with Crippen LogP contribution in [0, 0.1) is 12.7 Å². The van der Waals surface area contributed by atoms with Gasteiger partial charge in [0.25, 0.3) is 0 Å². The molecular formula is C15H20FN3S. The molecule has 0 radical (unpaired) electrons. The first-order valence-electron chi connectivity index (χ1n) is 6.78. The minimum Gasteiger partial charge on any atom is -0.318 e. The van der Waals surface area contributed by atoms with Crippen LogP contribution >= 0.6 is 11.3 Å². The van der Waals surface area contributed by atoms with Crippen LogP contribution in [-0.4, -0.2) is 18.6 Å². The Balaban J connectivity index is 2.17. The summed E-state index contributed by atoms with van der Waals surface area (Å²) in [4.78, 5) is 7.55. The van der Waals surface area contributed by atoms with Crippen LogP contribution in [-0.2, 0) is 6.54 Å². The molecule has 0 aliphatic rings. The molecule has 0 aliphatic carbocycles. The number of anilines is 2. The first-order valence-corrected chi connectivity index (χ1v) is 7.60. The van der Waals surface area contributed by atoms with Crippen LogP contribution in [0.25, 0.3) is 0 Å². The van der Waals surface area contributed by atoms with E-state index in [1.165, 1.54) is 10.9 Å². The third-order valence-corrected chi connectivity index (χ3v) is 4.33. The van der Waals surface area contributed by atoms with E-state index in [-0.39, 0.29) is 5.82 Å². The molecule has 0 atom stereocenters. The average molecular weight is 293 g/mol. The molecule has 0 saturated carbocycles. The zero-order valence-corrected chi connectivity index (χ0v) is 12.9. The van der Waals surface area contributed by atoms with Crippen molar-refractivity contribution in [1.29, 1.82) is 0 Å². The Labute approximate surface area is 123 Å². The van der Waals surface area contributed by atoms with Gasteiger partial charge in [-0.3, -0.25) is 0 Å². The molecule has 0 unspecified atom stereocenters. The van der Waals surface area contributed by atoms with E-state index in [0.29, 0.717) is 5.69 Å². The Morgan fingerprint density at radius 1 is 1.35 bits per heavy atom. The number of nitrogens with zero attached hydrogens (tertiary/aromatic N) is 2. The van der Waals surface area contributed by atoms with Gasteiger partial charge in [-0.05, 0) is 32.0 Å². The first-order chi connectivity index (χ1) is 9.63. The number of thiazole rings is 1. The van der Waals surface area contributed by atoms with Crippen molar-refractivity contribution in [2.45, 2.75) is 26.8 Å². The fourth-order valence-electron chi connectivity index (χ4n) is 1.93. The van der Waals surface area contributed by atoms with Crippen molar-refractivity contribution in [2.24, 2.45) is 0 Å². The standard InChI is InChI=1S/C15H20FN3S/c1-4-9-17-10-14-11(2)18-15(20-14)19(3)13-8-6-5-7-12(13)16/h5-8,17H,4,9-10H2,1-3H3. The number of halogens is 1. The predicted octanol–water partition coefficient (Wildman–Crippen LogP) is 3.86. The Morgan fingerprint density at radius 3 is 2.80 bits per heavy atom. The second-order valence-corrected chi connectivity index (χ2v) is 5.75. The molecule has 20 heavy (non-hydrogen) atoms. The molecule has 1 aromatic carbocycles. The van der Waals surface area contributed by atoms with E-state index in [0.717, 1.165) is 30.3 Å². The van der Waals surface area contributed by atoms with Crippen LogP contribution < -0.4 is 10.2 Å². The van der Waals surface area contributed by atoms with E-state index in [9.17, 15) is 4.39 Å². The number of benzene rings is 1. The van der Waals surface area contributed by atoms with Crippen molar-refractivity contribution in [3.05, 3.63) is 40.7 Å². The summed E-state index contributed by atoms with van der Waals surface area (Å²) in [5, 5.41) is 4.19. The lowest BCUT2D eigenvalue weighted by Crippen LogP contribution is -2.13. The molecule has 3 nitrogen and oxygen atoms in total. The highest BCUT2D eigenvalue weighted by molar-refractivity contribution is 7.15. The van der Waals surface area contributed by atoms with Gasteiger partial charge in [0.15, 0.2) is 5.13 Å². The molecule has 0 fully saturated rings. The van der Waals surface area contributed by atoms with Crippen molar-refractivity contribution in [2.75, 3.05) is 18.5 Å². The molecule has 108 valence electrons. The molecule has 0 amide bonds. The fraction of sp³-hybridized carbons (Fsp3) is 0.400. The highest BCUT2D eigenvalue weighted by atomic mass is 32.1. The third kappa shape index (κ3) is 3.35. The van der Waals surface area contributed by atoms with Gasteiger partial charge in [0.05, 0.1) is 11.4 Å². The number of nitrogens with one attached hydrogen (secondary N) is 1. The maximum absolute atomic E-state index is 13.8. The van der Waals surface area contributed by atoms with Crippen LogP contribution in [0.1, 0.15) is 23.9 Å². The summed E-state index contributed by atoms with van der Waals surface area (Å²) in [7, 11) is 1.85. The van der Waals surface area contributed by atoms with Crippen LogP contribution in [0.15, 0.2) is 24.3 Å². The molecule has 1 heterocycles. The normalized spacial score (nSPS) is 10.8. The molecule has 5 heteroatoms. The van der Waals surface area contributed by atoms with E-state index < -0.39 is 0 Å². The molecule has 2 aromatic rings. The van der Waals surface area contributed by atoms with Crippen LogP contribution in [0.3, 0.4) is 0 Å². The summed E-state index contributed by atoms with van der Waals surface area (Å²) < 4.78 is 13.8. The summed E-state index contributed by atoms with van der Waals surface area (Å²) in [6.45, 7) is 5.96. The van der Waals surface area contributed by atoms with Crippen molar-refractivity contribution < 1.29 is 4.39 Å². The van der Waals surface area contributed by atoms with Gasteiger partial charge in [-0.2, -0.15) is 0 Å². The molecule has 2 rings (SSSR count). The lowest BCUT2D eigenvalue weighted by molar-refractivity contribution is 0.627. The number of aromatic nitrogens is 1. The second kappa shape index (κ2) is 6.81. The molecule has 0 saturated heterocycles. The van der Waals surface area contributed by atoms with E-state index in [2.05, 4.69) is 17.2 Å². The van der Waals surface area contributed by atoms with E-state index in [4.69, 9.17) is 0 Å². The van der Waals surface area contributed by atoms with Gasteiger partial charge in [0.2, 0.25) is 0 Å². The molecule has 0 spiro atoms. The summed E-state index contributed by atoms with van der Waals surface area (Å²) in [6.07, 6.45) is 1.11. The van der Waals surface area contributed by atoms with Gasteiger partial charge in [0.1, 0.15) is 5.82 Å². The summed E-state index contributed by atoms with van der Waals surface area (Å²) in [5.41, 5.74) is 1.56.